The van der Waals surface area contributed by atoms with E-state index < -0.39 is 0 Å². The third-order valence-corrected chi connectivity index (χ3v) is 5.70. The van der Waals surface area contributed by atoms with Crippen molar-refractivity contribution in [1.29, 1.82) is 0 Å². The molecule has 2 N–H and O–H groups in total. The first-order valence-corrected chi connectivity index (χ1v) is 11.1. The monoisotopic (exact) mass is 416 g/mol. The third kappa shape index (κ3) is 6.99. The number of benzene rings is 1. The van der Waals surface area contributed by atoms with Crippen LogP contribution in [-0.2, 0) is 20.7 Å². The molecule has 1 saturated carbocycles. The Kier molecular flexibility index (Phi) is 8.51. The average Bonchev–Trinajstić information content (AvgIpc) is 3.00. The number of ether oxygens (including phenoxy) is 2. The molecule has 2 fully saturated rings. The predicted octanol–water partition coefficient (Wildman–Crippen LogP) is 2.32. The third-order valence-electron chi connectivity index (χ3n) is 5.70. The highest BCUT2D eigenvalue weighted by molar-refractivity contribution is 5.84. The number of carbonyl (C=O) groups is 1. The summed E-state index contributed by atoms with van der Waals surface area (Å²) in [5.74, 6) is 0.213. The van der Waals surface area contributed by atoms with E-state index in [9.17, 15) is 4.79 Å². The van der Waals surface area contributed by atoms with Gasteiger partial charge in [0.05, 0.1) is 6.61 Å². The SMILES string of the molecule is CN(C)C(=O)CN=C(NCCc1ccccc1)NCC1COC2(CCCCCC2)O1. The van der Waals surface area contributed by atoms with Gasteiger partial charge in [-0.15, -0.1) is 0 Å². The molecule has 1 heterocycles. The summed E-state index contributed by atoms with van der Waals surface area (Å²) < 4.78 is 12.4. The fourth-order valence-electron chi connectivity index (χ4n) is 3.89. The van der Waals surface area contributed by atoms with Gasteiger partial charge in [0.15, 0.2) is 11.7 Å². The largest absolute Gasteiger partial charge is 0.356 e. The van der Waals surface area contributed by atoms with Crippen LogP contribution < -0.4 is 10.6 Å². The van der Waals surface area contributed by atoms with Crippen molar-refractivity contribution in [2.24, 2.45) is 4.99 Å². The Morgan fingerprint density at radius 2 is 1.87 bits per heavy atom. The molecule has 1 aromatic carbocycles. The van der Waals surface area contributed by atoms with E-state index >= 15 is 0 Å². The predicted molar refractivity (Wildman–Crippen MR) is 118 cm³/mol. The molecule has 1 aliphatic carbocycles. The minimum absolute atomic E-state index is 0.00577. The van der Waals surface area contributed by atoms with Gasteiger partial charge >= 0.3 is 0 Å². The molecule has 1 spiro atoms. The lowest BCUT2D eigenvalue weighted by atomic mass is 10.1. The normalized spacial score (nSPS) is 21.3. The highest BCUT2D eigenvalue weighted by Gasteiger charge is 2.41. The minimum atomic E-state index is -0.387. The fraction of sp³-hybridized carbons (Fsp3) is 0.652. The Morgan fingerprint density at radius 3 is 2.57 bits per heavy atom. The molecule has 1 aromatic rings. The van der Waals surface area contributed by atoms with Crippen LogP contribution in [0, 0.1) is 0 Å². The summed E-state index contributed by atoms with van der Waals surface area (Å²) in [6.07, 6.45) is 7.71. The zero-order chi connectivity index (χ0) is 21.2. The molecule has 1 saturated heterocycles. The number of hydrogen-bond donors (Lipinski definition) is 2. The van der Waals surface area contributed by atoms with E-state index in [2.05, 4.69) is 27.8 Å². The molecular formula is C23H36N4O3. The smallest absolute Gasteiger partial charge is 0.243 e. The first-order valence-electron chi connectivity index (χ1n) is 11.1. The molecular weight excluding hydrogens is 380 g/mol. The van der Waals surface area contributed by atoms with E-state index in [0.717, 1.165) is 25.8 Å². The fourth-order valence-corrected chi connectivity index (χ4v) is 3.89. The van der Waals surface area contributed by atoms with Gasteiger partial charge in [-0.25, -0.2) is 4.99 Å². The van der Waals surface area contributed by atoms with Crippen LogP contribution >= 0.6 is 0 Å². The van der Waals surface area contributed by atoms with Crippen molar-refractivity contribution in [2.75, 3.05) is 40.3 Å². The molecule has 166 valence electrons. The van der Waals surface area contributed by atoms with Crippen molar-refractivity contribution >= 4 is 11.9 Å². The molecule has 3 rings (SSSR count). The number of nitrogens with one attached hydrogen (secondary N) is 2. The number of aliphatic imine (C=N–C) groups is 1. The number of likely N-dealkylation sites (N-methyl/N-ethyl adjacent to an activating group) is 1. The van der Waals surface area contributed by atoms with Crippen LogP contribution in [0.4, 0.5) is 0 Å². The van der Waals surface area contributed by atoms with E-state index in [4.69, 9.17) is 9.47 Å². The maximum absolute atomic E-state index is 12.0. The summed E-state index contributed by atoms with van der Waals surface area (Å²) in [5, 5.41) is 6.68. The van der Waals surface area contributed by atoms with E-state index in [0.29, 0.717) is 19.1 Å². The number of rotatable bonds is 7. The molecule has 7 nitrogen and oxygen atoms in total. The number of carbonyl (C=O) groups excluding carboxylic acids is 1. The van der Waals surface area contributed by atoms with E-state index in [-0.39, 0.29) is 24.3 Å². The Hall–Kier alpha value is -2.12. The molecule has 30 heavy (non-hydrogen) atoms. The highest BCUT2D eigenvalue weighted by atomic mass is 16.7. The van der Waals surface area contributed by atoms with E-state index in [1.807, 2.05) is 18.2 Å². The van der Waals surface area contributed by atoms with Gasteiger partial charge in [-0.05, 0) is 24.8 Å². The van der Waals surface area contributed by atoms with Gasteiger partial charge in [0.25, 0.3) is 0 Å². The topological polar surface area (TPSA) is 75.2 Å². The van der Waals surface area contributed by atoms with Crippen molar-refractivity contribution in [3.63, 3.8) is 0 Å². The standard InChI is InChI=1S/C23H36N4O3/c1-27(2)21(28)17-26-22(24-15-12-19-10-6-5-7-11-19)25-16-20-18-29-23(30-20)13-8-3-4-9-14-23/h5-7,10-11,20H,3-4,8-9,12-18H2,1-2H3,(H2,24,25,26). The summed E-state index contributed by atoms with van der Waals surface area (Å²) in [4.78, 5) is 18.0. The van der Waals surface area contributed by atoms with Gasteiger partial charge in [0.1, 0.15) is 12.6 Å². The lowest BCUT2D eigenvalue weighted by Gasteiger charge is -2.26. The van der Waals surface area contributed by atoms with Crippen molar-refractivity contribution in [2.45, 2.75) is 56.8 Å². The minimum Gasteiger partial charge on any atom is -0.356 e. The summed E-state index contributed by atoms with van der Waals surface area (Å²) in [6.45, 7) is 2.05. The van der Waals surface area contributed by atoms with Gasteiger partial charge in [-0.2, -0.15) is 0 Å². The van der Waals surface area contributed by atoms with Crippen LogP contribution in [-0.4, -0.2) is 69.0 Å². The van der Waals surface area contributed by atoms with Gasteiger partial charge in [-0.3, -0.25) is 4.79 Å². The highest BCUT2D eigenvalue weighted by Crippen LogP contribution is 2.36. The average molecular weight is 417 g/mol. The molecule has 0 bridgehead atoms. The first-order chi connectivity index (χ1) is 14.6. The van der Waals surface area contributed by atoms with Gasteiger partial charge < -0.3 is 25.0 Å². The van der Waals surface area contributed by atoms with E-state index in [1.54, 1.807) is 19.0 Å². The lowest BCUT2D eigenvalue weighted by Crippen LogP contribution is -2.43. The Morgan fingerprint density at radius 1 is 1.13 bits per heavy atom. The molecule has 0 aromatic heterocycles. The first kappa shape index (κ1) is 22.6. The lowest BCUT2D eigenvalue weighted by molar-refractivity contribution is -0.175. The van der Waals surface area contributed by atoms with E-state index in [1.165, 1.54) is 31.2 Å². The Balaban J connectivity index is 1.51. The zero-order valence-electron chi connectivity index (χ0n) is 18.4. The summed E-state index contributed by atoms with van der Waals surface area (Å²) in [6, 6.07) is 10.3. The summed E-state index contributed by atoms with van der Waals surface area (Å²) in [5.41, 5.74) is 1.26. The van der Waals surface area contributed by atoms with Crippen LogP contribution in [0.15, 0.2) is 35.3 Å². The molecule has 1 atom stereocenters. The maximum Gasteiger partial charge on any atom is 0.243 e. The maximum atomic E-state index is 12.0. The number of nitrogens with zero attached hydrogens (tertiary/aromatic N) is 2. The molecule has 1 unspecified atom stereocenters. The van der Waals surface area contributed by atoms with Crippen LogP contribution in [0.5, 0.6) is 0 Å². The zero-order valence-corrected chi connectivity index (χ0v) is 18.4. The second-order valence-corrected chi connectivity index (χ2v) is 8.37. The van der Waals surface area contributed by atoms with Crippen LogP contribution in [0.2, 0.25) is 0 Å². The second-order valence-electron chi connectivity index (χ2n) is 8.37. The van der Waals surface area contributed by atoms with Crippen molar-refractivity contribution < 1.29 is 14.3 Å². The van der Waals surface area contributed by atoms with Gasteiger partial charge in [-0.1, -0.05) is 43.2 Å². The quantitative estimate of drug-likeness (QED) is 0.527. The number of amides is 1. The van der Waals surface area contributed by atoms with Crippen LogP contribution in [0.25, 0.3) is 0 Å². The van der Waals surface area contributed by atoms with Crippen molar-refractivity contribution in [3.05, 3.63) is 35.9 Å². The van der Waals surface area contributed by atoms with Gasteiger partial charge in [0.2, 0.25) is 5.91 Å². The number of hydrogen-bond acceptors (Lipinski definition) is 4. The second kappa shape index (κ2) is 11.3. The summed E-state index contributed by atoms with van der Waals surface area (Å²) >= 11 is 0. The Labute approximate surface area is 180 Å². The van der Waals surface area contributed by atoms with Crippen LogP contribution in [0.3, 0.4) is 0 Å². The van der Waals surface area contributed by atoms with Crippen molar-refractivity contribution in [3.8, 4) is 0 Å². The van der Waals surface area contributed by atoms with Crippen molar-refractivity contribution in [1.82, 2.24) is 15.5 Å². The molecule has 1 aliphatic heterocycles. The molecule has 0 radical (unpaired) electrons. The molecule has 7 heteroatoms. The summed E-state index contributed by atoms with van der Waals surface area (Å²) in [7, 11) is 3.48. The van der Waals surface area contributed by atoms with Crippen LogP contribution in [0.1, 0.15) is 44.1 Å². The Bertz CT molecular complexity index is 685. The molecule has 1 amide bonds. The molecule has 2 aliphatic rings. The van der Waals surface area contributed by atoms with Gasteiger partial charge in [0, 0.05) is 40.0 Å². The number of guanidine groups is 1.